The highest BCUT2D eigenvalue weighted by atomic mass is 127. The second-order valence-corrected chi connectivity index (χ2v) is 6.38. The highest BCUT2D eigenvalue weighted by molar-refractivity contribution is 14.1. The number of rotatable bonds is 5. The van der Waals surface area contributed by atoms with E-state index in [0.29, 0.717) is 15.1 Å². The maximum atomic E-state index is 13.0. The van der Waals surface area contributed by atoms with Crippen LogP contribution in [0.2, 0.25) is 0 Å². The van der Waals surface area contributed by atoms with Crippen LogP contribution < -0.4 is 5.32 Å². The summed E-state index contributed by atoms with van der Waals surface area (Å²) < 4.78 is 13.6. The molecule has 1 rings (SSSR count). The highest BCUT2D eigenvalue weighted by Crippen LogP contribution is 2.15. The molecule has 0 fully saturated rings. The van der Waals surface area contributed by atoms with E-state index in [0.717, 1.165) is 11.8 Å². The van der Waals surface area contributed by atoms with Gasteiger partial charge in [-0.2, -0.15) is 0 Å². The summed E-state index contributed by atoms with van der Waals surface area (Å²) in [5.41, 5.74) is 0.525. The first-order valence-electron chi connectivity index (χ1n) is 5.77. The van der Waals surface area contributed by atoms with Crippen LogP contribution >= 0.6 is 38.5 Å². The van der Waals surface area contributed by atoms with Gasteiger partial charge >= 0.3 is 0 Å². The lowest BCUT2D eigenvalue weighted by Crippen LogP contribution is -2.39. The first kappa shape index (κ1) is 15.9. The lowest BCUT2D eigenvalue weighted by atomic mass is 10.0. The predicted octanol–water partition coefficient (Wildman–Crippen LogP) is 3.97. The van der Waals surface area contributed by atoms with Gasteiger partial charge in [-0.15, -0.1) is 0 Å². The van der Waals surface area contributed by atoms with Gasteiger partial charge in [0.05, 0.1) is 5.56 Å². The summed E-state index contributed by atoms with van der Waals surface area (Å²) in [7, 11) is 0. The molecular formula is C13H16BrFINO. The average molecular weight is 428 g/mol. The van der Waals surface area contributed by atoms with Crippen LogP contribution in [0, 0.1) is 15.3 Å². The molecule has 0 aliphatic rings. The molecular weight excluding hydrogens is 412 g/mol. The van der Waals surface area contributed by atoms with Crippen LogP contribution in [0.4, 0.5) is 4.39 Å². The van der Waals surface area contributed by atoms with Crippen LogP contribution in [0.25, 0.3) is 0 Å². The first-order chi connectivity index (χ1) is 8.45. The van der Waals surface area contributed by atoms with Crippen molar-refractivity contribution in [1.82, 2.24) is 5.32 Å². The number of benzene rings is 1. The Labute approximate surface area is 129 Å². The Kier molecular flexibility index (Phi) is 6.55. The Hall–Kier alpha value is -0.170. The molecule has 5 heteroatoms. The maximum absolute atomic E-state index is 13.0. The van der Waals surface area contributed by atoms with Gasteiger partial charge < -0.3 is 5.32 Å². The molecule has 0 bridgehead atoms. The fraction of sp³-hybridized carbons (Fsp3) is 0.462. The van der Waals surface area contributed by atoms with E-state index in [1.54, 1.807) is 0 Å². The maximum Gasteiger partial charge on any atom is 0.252 e. The van der Waals surface area contributed by atoms with E-state index >= 15 is 0 Å². The third-order valence-electron chi connectivity index (χ3n) is 2.72. The Bertz CT molecular complexity index is 425. The molecule has 0 heterocycles. The van der Waals surface area contributed by atoms with Crippen molar-refractivity contribution in [3.63, 3.8) is 0 Å². The molecule has 2 nitrogen and oxygen atoms in total. The van der Waals surface area contributed by atoms with Crippen molar-refractivity contribution < 1.29 is 9.18 Å². The fourth-order valence-electron chi connectivity index (χ4n) is 1.61. The Balaban J connectivity index is 2.80. The molecule has 1 aromatic carbocycles. The van der Waals surface area contributed by atoms with Crippen molar-refractivity contribution in [2.75, 3.05) is 5.33 Å². The summed E-state index contributed by atoms with van der Waals surface area (Å²) in [6, 6.07) is 4.33. The Morgan fingerprint density at radius 3 is 2.67 bits per heavy atom. The van der Waals surface area contributed by atoms with Gasteiger partial charge in [0.25, 0.3) is 5.91 Å². The van der Waals surface area contributed by atoms with Crippen LogP contribution in [0.15, 0.2) is 18.2 Å². The molecule has 1 N–H and O–H groups in total. The SMILES string of the molecule is CC(C)C(CCBr)NC(=O)c1ccc(F)cc1I. The molecule has 0 aliphatic heterocycles. The molecule has 100 valence electrons. The van der Waals surface area contributed by atoms with Crippen molar-refractivity contribution in [3.8, 4) is 0 Å². The number of alkyl halides is 1. The predicted molar refractivity (Wildman–Crippen MR) is 83.6 cm³/mol. The molecule has 1 unspecified atom stereocenters. The third kappa shape index (κ3) is 4.50. The third-order valence-corrected chi connectivity index (χ3v) is 4.07. The van der Waals surface area contributed by atoms with Crippen LogP contribution in [-0.2, 0) is 0 Å². The molecule has 0 spiro atoms. The van der Waals surface area contributed by atoms with E-state index in [9.17, 15) is 9.18 Å². The lowest BCUT2D eigenvalue weighted by molar-refractivity contribution is 0.0924. The number of hydrogen-bond donors (Lipinski definition) is 1. The minimum Gasteiger partial charge on any atom is -0.349 e. The van der Waals surface area contributed by atoms with Crippen molar-refractivity contribution in [2.24, 2.45) is 5.92 Å². The number of hydrogen-bond acceptors (Lipinski definition) is 1. The zero-order chi connectivity index (χ0) is 13.7. The van der Waals surface area contributed by atoms with Crippen LogP contribution in [-0.4, -0.2) is 17.3 Å². The molecule has 0 saturated heterocycles. The number of carbonyl (C=O) groups excluding carboxylic acids is 1. The van der Waals surface area contributed by atoms with Crippen LogP contribution in [0.1, 0.15) is 30.6 Å². The van der Waals surface area contributed by atoms with Crippen molar-refractivity contribution in [2.45, 2.75) is 26.3 Å². The van der Waals surface area contributed by atoms with Gasteiger partial charge in [0.1, 0.15) is 5.82 Å². The van der Waals surface area contributed by atoms with E-state index in [4.69, 9.17) is 0 Å². The molecule has 0 aromatic heterocycles. The smallest absolute Gasteiger partial charge is 0.252 e. The fourth-order valence-corrected chi connectivity index (χ4v) is 2.82. The summed E-state index contributed by atoms with van der Waals surface area (Å²) in [6.45, 7) is 4.15. The number of amides is 1. The van der Waals surface area contributed by atoms with Gasteiger partial charge in [-0.1, -0.05) is 29.8 Å². The van der Waals surface area contributed by atoms with E-state index < -0.39 is 0 Å². The van der Waals surface area contributed by atoms with Gasteiger partial charge in [0.2, 0.25) is 0 Å². The molecule has 1 amide bonds. The molecule has 1 atom stereocenters. The number of carbonyl (C=O) groups is 1. The molecule has 0 radical (unpaired) electrons. The Morgan fingerprint density at radius 1 is 1.50 bits per heavy atom. The molecule has 18 heavy (non-hydrogen) atoms. The minimum absolute atomic E-state index is 0.123. The summed E-state index contributed by atoms with van der Waals surface area (Å²) in [6.07, 6.45) is 0.876. The minimum atomic E-state index is -0.322. The van der Waals surface area contributed by atoms with E-state index in [1.165, 1.54) is 18.2 Å². The molecule has 0 saturated carbocycles. The van der Waals surface area contributed by atoms with Crippen LogP contribution in [0.3, 0.4) is 0 Å². The van der Waals surface area contributed by atoms with Crippen molar-refractivity contribution >= 4 is 44.4 Å². The van der Waals surface area contributed by atoms with E-state index in [2.05, 4.69) is 35.1 Å². The summed E-state index contributed by atoms with van der Waals surface area (Å²) in [5.74, 6) is -0.0968. The largest absolute Gasteiger partial charge is 0.349 e. The van der Waals surface area contributed by atoms with Crippen molar-refractivity contribution in [1.29, 1.82) is 0 Å². The summed E-state index contributed by atoms with van der Waals surface area (Å²) >= 11 is 5.36. The first-order valence-corrected chi connectivity index (χ1v) is 7.97. The standard InChI is InChI=1S/C13H16BrFINO/c1-8(2)12(5-6-14)17-13(18)10-4-3-9(15)7-11(10)16/h3-4,7-8,12H,5-6H2,1-2H3,(H,17,18). The van der Waals surface area contributed by atoms with Gasteiger partial charge in [-0.25, -0.2) is 4.39 Å². The zero-order valence-corrected chi connectivity index (χ0v) is 14.1. The van der Waals surface area contributed by atoms with Crippen molar-refractivity contribution in [3.05, 3.63) is 33.1 Å². The topological polar surface area (TPSA) is 29.1 Å². The van der Waals surface area contributed by atoms with Gasteiger partial charge in [0.15, 0.2) is 0 Å². The number of nitrogens with one attached hydrogen (secondary N) is 1. The molecule has 0 aliphatic carbocycles. The average Bonchev–Trinajstić information content (AvgIpc) is 2.27. The van der Waals surface area contributed by atoms with E-state index in [-0.39, 0.29) is 17.8 Å². The van der Waals surface area contributed by atoms with E-state index in [1.807, 2.05) is 22.6 Å². The monoisotopic (exact) mass is 427 g/mol. The normalized spacial score (nSPS) is 12.6. The van der Waals surface area contributed by atoms with Crippen LogP contribution in [0.5, 0.6) is 0 Å². The number of halogens is 3. The molecule has 1 aromatic rings. The second-order valence-electron chi connectivity index (χ2n) is 4.43. The Morgan fingerprint density at radius 2 is 2.17 bits per heavy atom. The summed E-state index contributed by atoms with van der Waals surface area (Å²) in [4.78, 5) is 12.1. The summed E-state index contributed by atoms with van der Waals surface area (Å²) in [5, 5.41) is 3.84. The lowest BCUT2D eigenvalue weighted by Gasteiger charge is -2.21. The van der Waals surface area contributed by atoms with Gasteiger partial charge in [-0.3, -0.25) is 4.79 Å². The van der Waals surface area contributed by atoms with Gasteiger partial charge in [0, 0.05) is 14.9 Å². The quantitative estimate of drug-likeness (QED) is 0.559. The van der Waals surface area contributed by atoms with Gasteiger partial charge in [-0.05, 0) is 53.1 Å². The highest BCUT2D eigenvalue weighted by Gasteiger charge is 2.18. The zero-order valence-electron chi connectivity index (χ0n) is 10.3. The second kappa shape index (κ2) is 7.43.